The van der Waals surface area contributed by atoms with Crippen molar-refractivity contribution >= 4 is 32.4 Å². The summed E-state index contributed by atoms with van der Waals surface area (Å²) < 4.78 is 23.0. The van der Waals surface area contributed by atoms with Crippen LogP contribution in [0.4, 0.5) is 4.39 Å². The molecule has 1 fully saturated rings. The van der Waals surface area contributed by atoms with E-state index in [1.165, 1.54) is 11.3 Å². The second kappa shape index (κ2) is 9.82. The van der Waals surface area contributed by atoms with Gasteiger partial charge in [0.1, 0.15) is 5.82 Å². The molecule has 1 aliphatic rings. The first-order chi connectivity index (χ1) is 16.6. The standard InChI is InChI=1S/C26H29FN4O2S/c1-3-30(4-2)11-5-10-28-25(32)18-7-9-23-24(13-18)34-26-29-22(14-31(23)26)20-8-6-17(12-21(20)27)19-15-33-16-19/h6-9,12-14,19H,3-5,10-11,15-16H2,1-2H3,(H,28,32). The van der Waals surface area contributed by atoms with Crippen molar-refractivity contribution in [2.45, 2.75) is 26.2 Å². The van der Waals surface area contributed by atoms with Crippen LogP contribution in [0.2, 0.25) is 0 Å². The first-order valence-electron chi connectivity index (χ1n) is 11.9. The topological polar surface area (TPSA) is 58.9 Å². The number of hydrogen-bond donors (Lipinski definition) is 1. The molecule has 0 radical (unpaired) electrons. The molecule has 4 aromatic rings. The van der Waals surface area contributed by atoms with Crippen LogP contribution in [0.1, 0.15) is 42.1 Å². The zero-order valence-electron chi connectivity index (χ0n) is 19.5. The molecule has 6 nitrogen and oxygen atoms in total. The maximum absolute atomic E-state index is 14.8. The fourth-order valence-electron chi connectivity index (χ4n) is 4.34. The quantitative estimate of drug-likeness (QED) is 0.345. The molecular formula is C26H29FN4O2S. The highest BCUT2D eigenvalue weighted by Crippen LogP contribution is 2.33. The number of nitrogens with one attached hydrogen (secondary N) is 1. The molecule has 1 saturated heterocycles. The number of rotatable bonds is 9. The molecule has 178 valence electrons. The summed E-state index contributed by atoms with van der Waals surface area (Å²) in [6.07, 6.45) is 2.79. The van der Waals surface area contributed by atoms with Gasteiger partial charge in [0, 0.05) is 29.8 Å². The molecule has 0 unspecified atom stereocenters. The number of benzene rings is 2. The third-order valence-corrected chi connectivity index (χ3v) is 7.58. The maximum atomic E-state index is 14.8. The molecule has 5 rings (SSSR count). The van der Waals surface area contributed by atoms with Crippen LogP contribution in [-0.2, 0) is 4.74 Å². The van der Waals surface area contributed by atoms with Gasteiger partial charge >= 0.3 is 0 Å². The van der Waals surface area contributed by atoms with Gasteiger partial charge in [-0.3, -0.25) is 9.20 Å². The van der Waals surface area contributed by atoms with E-state index in [2.05, 4.69) is 29.0 Å². The molecule has 1 amide bonds. The van der Waals surface area contributed by atoms with E-state index in [1.54, 1.807) is 12.1 Å². The largest absolute Gasteiger partial charge is 0.380 e. The van der Waals surface area contributed by atoms with Crippen LogP contribution in [-0.4, -0.2) is 59.6 Å². The van der Waals surface area contributed by atoms with E-state index < -0.39 is 0 Å². The van der Waals surface area contributed by atoms with Gasteiger partial charge in [-0.15, -0.1) is 0 Å². The second-order valence-electron chi connectivity index (χ2n) is 8.67. The van der Waals surface area contributed by atoms with Gasteiger partial charge in [-0.05, 0) is 62.0 Å². The third-order valence-electron chi connectivity index (χ3n) is 6.57. The van der Waals surface area contributed by atoms with E-state index in [9.17, 15) is 9.18 Å². The molecule has 0 aliphatic carbocycles. The number of halogens is 1. The minimum Gasteiger partial charge on any atom is -0.380 e. The normalized spacial score (nSPS) is 14.2. The van der Waals surface area contributed by atoms with Crippen LogP contribution in [0.3, 0.4) is 0 Å². The van der Waals surface area contributed by atoms with Gasteiger partial charge in [-0.1, -0.05) is 31.3 Å². The summed E-state index contributed by atoms with van der Waals surface area (Å²) in [7, 11) is 0. The van der Waals surface area contributed by atoms with E-state index in [4.69, 9.17) is 4.74 Å². The molecule has 0 saturated carbocycles. The van der Waals surface area contributed by atoms with Crippen LogP contribution in [0, 0.1) is 5.82 Å². The Morgan fingerprint density at radius 2 is 2.06 bits per heavy atom. The molecule has 0 bridgehead atoms. The Labute approximate surface area is 202 Å². The first kappa shape index (κ1) is 23.0. The Bertz CT molecular complexity index is 1320. The summed E-state index contributed by atoms with van der Waals surface area (Å²) >= 11 is 1.50. The summed E-state index contributed by atoms with van der Waals surface area (Å²) in [5.74, 6) is -0.0432. The Morgan fingerprint density at radius 1 is 1.24 bits per heavy atom. The van der Waals surface area contributed by atoms with Crippen LogP contribution >= 0.6 is 11.3 Å². The highest BCUT2D eigenvalue weighted by atomic mass is 32.1. The number of ether oxygens (including phenoxy) is 1. The lowest BCUT2D eigenvalue weighted by Gasteiger charge is -2.26. The summed E-state index contributed by atoms with van der Waals surface area (Å²) in [4.78, 5) is 20.4. The Morgan fingerprint density at radius 3 is 2.76 bits per heavy atom. The fourth-order valence-corrected chi connectivity index (χ4v) is 5.39. The molecule has 1 aliphatic heterocycles. The van der Waals surface area contributed by atoms with Crippen molar-refractivity contribution in [1.29, 1.82) is 0 Å². The van der Waals surface area contributed by atoms with Crippen molar-refractivity contribution < 1.29 is 13.9 Å². The number of thiazole rings is 1. The monoisotopic (exact) mass is 480 g/mol. The fraction of sp³-hybridized carbons (Fsp3) is 0.385. The van der Waals surface area contributed by atoms with E-state index in [0.717, 1.165) is 46.8 Å². The van der Waals surface area contributed by atoms with Crippen LogP contribution in [0.15, 0.2) is 42.6 Å². The highest BCUT2D eigenvalue weighted by molar-refractivity contribution is 7.23. The second-order valence-corrected chi connectivity index (χ2v) is 9.68. The molecule has 2 aromatic heterocycles. The van der Waals surface area contributed by atoms with Crippen molar-refractivity contribution in [2.75, 3.05) is 39.4 Å². The number of imidazole rings is 1. The number of nitrogens with zero attached hydrogens (tertiary/aromatic N) is 3. The van der Waals surface area contributed by atoms with Crippen molar-refractivity contribution in [3.05, 3.63) is 59.5 Å². The maximum Gasteiger partial charge on any atom is 0.251 e. The minimum absolute atomic E-state index is 0.0628. The van der Waals surface area contributed by atoms with Gasteiger partial charge < -0.3 is 15.0 Å². The van der Waals surface area contributed by atoms with Crippen molar-refractivity contribution in [2.24, 2.45) is 0 Å². The first-order valence-corrected chi connectivity index (χ1v) is 12.7. The molecule has 0 spiro atoms. The van der Waals surface area contributed by atoms with Crippen molar-refractivity contribution in [3.63, 3.8) is 0 Å². The molecular weight excluding hydrogens is 451 g/mol. The van der Waals surface area contributed by atoms with Gasteiger partial charge in [0.15, 0.2) is 4.96 Å². The minimum atomic E-state index is -0.264. The Hall–Kier alpha value is -2.81. The van der Waals surface area contributed by atoms with Gasteiger partial charge in [0.2, 0.25) is 0 Å². The Kier molecular flexibility index (Phi) is 6.63. The average molecular weight is 481 g/mol. The predicted octanol–water partition coefficient (Wildman–Crippen LogP) is 4.93. The zero-order valence-corrected chi connectivity index (χ0v) is 20.3. The SMILES string of the molecule is CCN(CC)CCCNC(=O)c1ccc2c(c1)sc1nc(-c3ccc(C4COC4)cc3F)cn12. The smallest absolute Gasteiger partial charge is 0.251 e. The molecule has 1 N–H and O–H groups in total. The number of fused-ring (bicyclic) bond motifs is 3. The average Bonchev–Trinajstić information content (AvgIpc) is 3.35. The van der Waals surface area contributed by atoms with E-state index in [0.29, 0.717) is 36.6 Å². The lowest BCUT2D eigenvalue weighted by atomic mass is 9.96. The molecule has 3 heterocycles. The molecule has 8 heteroatoms. The number of aromatic nitrogens is 2. The van der Waals surface area contributed by atoms with Crippen molar-refractivity contribution in [3.8, 4) is 11.3 Å². The summed E-state index contributed by atoms with van der Waals surface area (Å²) in [6, 6.07) is 11.0. The number of carbonyl (C=O) groups excluding carboxylic acids is 1. The number of hydrogen-bond acceptors (Lipinski definition) is 5. The van der Waals surface area contributed by atoms with Gasteiger partial charge in [-0.2, -0.15) is 0 Å². The van der Waals surface area contributed by atoms with Crippen LogP contribution in [0.5, 0.6) is 0 Å². The summed E-state index contributed by atoms with van der Waals surface area (Å²) in [5.41, 5.74) is 3.67. The molecule has 2 aromatic carbocycles. The van der Waals surface area contributed by atoms with Gasteiger partial charge in [0.25, 0.3) is 5.91 Å². The Balaban J connectivity index is 1.31. The van der Waals surface area contributed by atoms with E-state index in [-0.39, 0.29) is 17.6 Å². The summed E-state index contributed by atoms with van der Waals surface area (Å²) in [5, 5.41) is 3.02. The van der Waals surface area contributed by atoms with Gasteiger partial charge in [0.05, 0.1) is 29.1 Å². The van der Waals surface area contributed by atoms with E-state index in [1.807, 2.05) is 34.9 Å². The van der Waals surface area contributed by atoms with Crippen LogP contribution in [0.25, 0.3) is 26.4 Å². The number of amides is 1. The number of carbonyl (C=O) groups is 1. The predicted molar refractivity (Wildman–Crippen MR) is 134 cm³/mol. The third kappa shape index (κ3) is 4.45. The highest BCUT2D eigenvalue weighted by Gasteiger charge is 2.22. The van der Waals surface area contributed by atoms with E-state index >= 15 is 0 Å². The lowest BCUT2D eigenvalue weighted by molar-refractivity contribution is 0.00833. The van der Waals surface area contributed by atoms with Gasteiger partial charge in [-0.25, -0.2) is 9.37 Å². The zero-order chi connectivity index (χ0) is 23.7. The molecule has 0 atom stereocenters. The lowest BCUT2D eigenvalue weighted by Crippen LogP contribution is -2.29. The van der Waals surface area contributed by atoms with Crippen LogP contribution < -0.4 is 5.32 Å². The summed E-state index contributed by atoms with van der Waals surface area (Å²) in [6.45, 7) is 9.29. The molecule has 34 heavy (non-hydrogen) atoms. The van der Waals surface area contributed by atoms with Crippen molar-refractivity contribution in [1.82, 2.24) is 19.6 Å².